The van der Waals surface area contributed by atoms with Gasteiger partial charge in [0.2, 0.25) is 0 Å². The number of nitrogen functional groups attached to an aromatic ring is 1. The van der Waals surface area contributed by atoms with E-state index in [1.54, 1.807) is 0 Å². The summed E-state index contributed by atoms with van der Waals surface area (Å²) in [5, 5.41) is 11.5. The molecule has 4 aromatic rings. The molecule has 8 heteroatoms. The lowest BCUT2D eigenvalue weighted by molar-refractivity contribution is 0.00335. The van der Waals surface area contributed by atoms with Crippen LogP contribution < -0.4 is 11.3 Å². The molecule has 1 aliphatic carbocycles. The Kier molecular flexibility index (Phi) is 4.02. The van der Waals surface area contributed by atoms with Gasteiger partial charge in [-0.2, -0.15) is 0 Å². The van der Waals surface area contributed by atoms with Gasteiger partial charge >= 0.3 is 0 Å². The number of anilines is 1. The number of nitrogens with zero attached hydrogens (tertiary/aromatic N) is 2. The highest BCUT2D eigenvalue weighted by atomic mass is 32.1. The molecule has 4 heterocycles. The summed E-state index contributed by atoms with van der Waals surface area (Å²) in [6.45, 7) is 2.02. The predicted octanol–water partition coefficient (Wildman–Crippen LogP) is 2.64. The molecular weight excluding hydrogens is 398 g/mol. The average Bonchev–Trinajstić information content (AvgIpc) is 3.26. The van der Waals surface area contributed by atoms with Crippen molar-refractivity contribution in [3.05, 3.63) is 45.1 Å². The van der Waals surface area contributed by atoms with Crippen molar-refractivity contribution in [2.45, 2.75) is 37.8 Å². The number of thiophene rings is 1. The van der Waals surface area contributed by atoms with Crippen LogP contribution >= 0.6 is 11.3 Å². The molecule has 0 bridgehead atoms. The molecule has 0 spiro atoms. The SMILES string of the molecule is Nc1c(-c2nc3cc4c(cc3[nH]2)CCN(C2CC(O)C2)CC4)c(=O)[nH]c2ccsc12. The number of aromatic amines is 2. The van der Waals surface area contributed by atoms with Crippen molar-refractivity contribution >= 4 is 38.3 Å². The summed E-state index contributed by atoms with van der Waals surface area (Å²) in [5.74, 6) is 0.518. The Balaban J connectivity index is 1.37. The largest absolute Gasteiger partial charge is 0.397 e. The van der Waals surface area contributed by atoms with Crippen LogP contribution in [0.3, 0.4) is 0 Å². The first kappa shape index (κ1) is 18.1. The van der Waals surface area contributed by atoms with E-state index in [0.29, 0.717) is 23.1 Å². The topological polar surface area (TPSA) is 111 Å². The number of imidazole rings is 1. The monoisotopic (exact) mass is 421 g/mol. The number of nitrogens with two attached hydrogens (primary N) is 1. The van der Waals surface area contributed by atoms with Gasteiger partial charge < -0.3 is 20.8 Å². The van der Waals surface area contributed by atoms with Gasteiger partial charge in [-0.1, -0.05) is 0 Å². The van der Waals surface area contributed by atoms with Crippen LogP contribution in [0.15, 0.2) is 28.4 Å². The third-order valence-corrected chi connectivity index (χ3v) is 7.58. The van der Waals surface area contributed by atoms with E-state index in [2.05, 4.69) is 27.0 Å². The molecule has 1 aliphatic heterocycles. The van der Waals surface area contributed by atoms with Crippen molar-refractivity contribution < 1.29 is 5.11 Å². The Labute approximate surface area is 176 Å². The van der Waals surface area contributed by atoms with Gasteiger partial charge in [0.25, 0.3) is 5.56 Å². The van der Waals surface area contributed by atoms with Gasteiger partial charge in [-0.05, 0) is 60.4 Å². The van der Waals surface area contributed by atoms with E-state index in [9.17, 15) is 9.90 Å². The zero-order chi connectivity index (χ0) is 20.4. The van der Waals surface area contributed by atoms with Gasteiger partial charge in [-0.15, -0.1) is 11.3 Å². The fourth-order valence-corrected chi connectivity index (χ4v) is 5.68. The van der Waals surface area contributed by atoms with Crippen LogP contribution in [0.4, 0.5) is 5.69 Å². The Morgan fingerprint density at radius 3 is 2.67 bits per heavy atom. The summed E-state index contributed by atoms with van der Waals surface area (Å²) in [7, 11) is 0. The highest BCUT2D eigenvalue weighted by Gasteiger charge is 2.32. The van der Waals surface area contributed by atoms with Gasteiger partial charge in [0.1, 0.15) is 11.4 Å². The number of pyridine rings is 1. The molecule has 5 N–H and O–H groups in total. The maximum atomic E-state index is 12.7. The number of nitrogens with one attached hydrogen (secondary N) is 2. The first-order chi connectivity index (χ1) is 14.6. The molecule has 1 saturated carbocycles. The van der Waals surface area contributed by atoms with Gasteiger partial charge in [0.05, 0.1) is 33.0 Å². The van der Waals surface area contributed by atoms with E-state index in [1.807, 2.05) is 11.4 Å². The fraction of sp³-hybridized carbons (Fsp3) is 0.364. The second-order valence-corrected chi connectivity index (χ2v) is 9.36. The van der Waals surface area contributed by atoms with Crippen LogP contribution in [-0.4, -0.2) is 50.2 Å². The van der Waals surface area contributed by atoms with Crippen molar-refractivity contribution in [2.24, 2.45) is 0 Å². The summed E-state index contributed by atoms with van der Waals surface area (Å²) < 4.78 is 0.877. The van der Waals surface area contributed by atoms with Crippen LogP contribution in [0.2, 0.25) is 0 Å². The van der Waals surface area contributed by atoms with Crippen molar-refractivity contribution in [1.82, 2.24) is 19.9 Å². The molecular formula is C22H23N5O2S. The van der Waals surface area contributed by atoms with Gasteiger partial charge in [-0.25, -0.2) is 4.98 Å². The minimum Gasteiger partial charge on any atom is -0.397 e. The fourth-order valence-electron chi connectivity index (χ4n) is 4.86. The van der Waals surface area contributed by atoms with Crippen LogP contribution in [0.1, 0.15) is 24.0 Å². The Morgan fingerprint density at radius 1 is 1.13 bits per heavy atom. The van der Waals surface area contributed by atoms with Gasteiger partial charge in [-0.3, -0.25) is 9.69 Å². The summed E-state index contributed by atoms with van der Waals surface area (Å²) in [4.78, 5) is 26.1. The second kappa shape index (κ2) is 6.66. The Bertz CT molecular complexity index is 1290. The van der Waals surface area contributed by atoms with Crippen LogP contribution in [0.25, 0.3) is 32.6 Å². The van der Waals surface area contributed by atoms with E-state index >= 15 is 0 Å². The quantitative estimate of drug-likeness (QED) is 0.398. The van der Waals surface area contributed by atoms with Crippen LogP contribution in [0.5, 0.6) is 0 Å². The van der Waals surface area contributed by atoms with Crippen LogP contribution in [-0.2, 0) is 12.8 Å². The first-order valence-corrected chi connectivity index (χ1v) is 11.3. The number of H-pyrrole nitrogens is 2. The van der Waals surface area contributed by atoms with Crippen molar-refractivity contribution in [2.75, 3.05) is 18.8 Å². The van der Waals surface area contributed by atoms with E-state index < -0.39 is 0 Å². The van der Waals surface area contributed by atoms with Crippen molar-refractivity contribution in [3.63, 3.8) is 0 Å². The number of rotatable bonds is 2. The molecule has 154 valence electrons. The molecule has 0 atom stereocenters. The number of hydrogen-bond acceptors (Lipinski definition) is 6. The van der Waals surface area contributed by atoms with Gasteiger partial charge in [0.15, 0.2) is 0 Å². The summed E-state index contributed by atoms with van der Waals surface area (Å²) in [6, 6.07) is 6.71. The lowest BCUT2D eigenvalue weighted by Crippen LogP contribution is -2.48. The number of aromatic nitrogens is 3. The van der Waals surface area contributed by atoms with Crippen LogP contribution in [0, 0.1) is 0 Å². The summed E-state index contributed by atoms with van der Waals surface area (Å²) >= 11 is 1.51. The smallest absolute Gasteiger partial charge is 0.261 e. The molecule has 0 saturated heterocycles. The normalized spacial score (nSPS) is 22.2. The standard InChI is InChI=1S/C22H23N5O2S/c23-19-18(22(29)26-15-3-6-30-20(15)19)21-24-16-7-11-1-4-27(13-9-14(28)10-13)5-2-12(11)8-17(16)25-21/h3,6-8,13-14,28H,1-2,4-5,9-10H2,(H,24,25)(H3,23,26,29). The van der Waals surface area contributed by atoms with Crippen molar-refractivity contribution in [1.29, 1.82) is 0 Å². The summed E-state index contributed by atoms with van der Waals surface area (Å²) in [5.41, 5.74) is 12.2. The molecule has 0 radical (unpaired) electrons. The van der Waals surface area contributed by atoms with E-state index in [0.717, 1.165) is 60.0 Å². The zero-order valence-electron chi connectivity index (χ0n) is 16.4. The number of aliphatic hydroxyl groups is 1. The molecule has 7 nitrogen and oxygen atoms in total. The number of fused-ring (bicyclic) bond motifs is 3. The summed E-state index contributed by atoms with van der Waals surface area (Å²) in [6.07, 6.45) is 3.63. The van der Waals surface area contributed by atoms with E-state index in [4.69, 9.17) is 10.7 Å². The van der Waals surface area contributed by atoms with Crippen molar-refractivity contribution in [3.8, 4) is 11.4 Å². The molecule has 1 aromatic carbocycles. The molecule has 6 rings (SSSR count). The maximum Gasteiger partial charge on any atom is 0.261 e. The Morgan fingerprint density at radius 2 is 1.90 bits per heavy atom. The predicted molar refractivity (Wildman–Crippen MR) is 120 cm³/mol. The molecule has 1 fully saturated rings. The molecule has 0 amide bonds. The number of benzene rings is 1. The van der Waals surface area contributed by atoms with Gasteiger partial charge in [0, 0.05) is 19.1 Å². The highest BCUT2D eigenvalue weighted by Crippen LogP contribution is 2.33. The Hall–Kier alpha value is -2.68. The number of hydrogen-bond donors (Lipinski definition) is 4. The zero-order valence-corrected chi connectivity index (χ0v) is 17.3. The molecule has 3 aromatic heterocycles. The first-order valence-electron chi connectivity index (χ1n) is 10.4. The van der Waals surface area contributed by atoms with E-state index in [1.165, 1.54) is 22.5 Å². The minimum absolute atomic E-state index is 0.120. The average molecular weight is 422 g/mol. The second-order valence-electron chi connectivity index (χ2n) is 8.44. The molecule has 30 heavy (non-hydrogen) atoms. The third kappa shape index (κ3) is 2.79. The molecule has 0 unspecified atom stereocenters. The lowest BCUT2D eigenvalue weighted by Gasteiger charge is -2.40. The number of aliphatic hydroxyl groups excluding tert-OH is 1. The third-order valence-electron chi connectivity index (χ3n) is 6.64. The van der Waals surface area contributed by atoms with E-state index in [-0.39, 0.29) is 11.7 Å². The highest BCUT2D eigenvalue weighted by molar-refractivity contribution is 7.17. The molecule has 2 aliphatic rings. The minimum atomic E-state index is -0.225. The lowest BCUT2D eigenvalue weighted by atomic mass is 9.88. The maximum absolute atomic E-state index is 12.7.